The van der Waals surface area contributed by atoms with Crippen molar-refractivity contribution in [1.82, 2.24) is 19.7 Å². The van der Waals surface area contributed by atoms with Crippen molar-refractivity contribution in [2.45, 2.75) is 45.6 Å². The smallest absolute Gasteiger partial charge is 0.266 e. The SMILES string of the molecule is CC(C)(C)c1ccc(=O)n(CC2CCN(c3ncc(Br)cn3)CC2)n1. The van der Waals surface area contributed by atoms with E-state index in [9.17, 15) is 4.79 Å². The number of hydrogen-bond donors (Lipinski definition) is 0. The molecule has 0 aromatic carbocycles. The van der Waals surface area contributed by atoms with E-state index in [2.05, 4.69) is 56.7 Å². The lowest BCUT2D eigenvalue weighted by molar-refractivity contribution is 0.328. The first kappa shape index (κ1) is 18.0. The van der Waals surface area contributed by atoms with Crippen LogP contribution in [0.15, 0.2) is 33.8 Å². The first-order chi connectivity index (χ1) is 11.8. The summed E-state index contributed by atoms with van der Waals surface area (Å²) in [6.07, 6.45) is 5.56. The minimum absolute atomic E-state index is 0.0216. The monoisotopic (exact) mass is 405 g/mol. The van der Waals surface area contributed by atoms with Gasteiger partial charge in [0.05, 0.1) is 10.2 Å². The maximum atomic E-state index is 12.2. The van der Waals surface area contributed by atoms with E-state index in [0.717, 1.165) is 42.0 Å². The summed E-state index contributed by atoms with van der Waals surface area (Å²) in [5.41, 5.74) is 0.872. The van der Waals surface area contributed by atoms with Crippen LogP contribution < -0.4 is 10.5 Å². The average Bonchev–Trinajstić information content (AvgIpc) is 2.57. The van der Waals surface area contributed by atoms with Crippen LogP contribution in [0.25, 0.3) is 0 Å². The number of rotatable bonds is 3. The molecule has 3 rings (SSSR count). The van der Waals surface area contributed by atoms with E-state index in [0.29, 0.717) is 12.5 Å². The van der Waals surface area contributed by atoms with Crippen LogP contribution in [0, 0.1) is 5.92 Å². The summed E-state index contributed by atoms with van der Waals surface area (Å²) in [4.78, 5) is 23.1. The zero-order valence-corrected chi connectivity index (χ0v) is 16.5. The molecule has 7 heteroatoms. The summed E-state index contributed by atoms with van der Waals surface area (Å²) in [5.74, 6) is 1.22. The number of piperidine rings is 1. The van der Waals surface area contributed by atoms with Gasteiger partial charge in [0.25, 0.3) is 5.56 Å². The Labute approximate surface area is 156 Å². The highest BCUT2D eigenvalue weighted by atomic mass is 79.9. The van der Waals surface area contributed by atoms with Gasteiger partial charge in [-0.25, -0.2) is 14.6 Å². The van der Waals surface area contributed by atoms with Crippen LogP contribution in [0.1, 0.15) is 39.3 Å². The van der Waals surface area contributed by atoms with Crippen LogP contribution in [0.4, 0.5) is 5.95 Å². The third-order valence-electron chi connectivity index (χ3n) is 4.57. The highest BCUT2D eigenvalue weighted by Gasteiger charge is 2.23. The molecule has 3 heterocycles. The summed E-state index contributed by atoms with van der Waals surface area (Å²) < 4.78 is 2.52. The molecule has 0 N–H and O–H groups in total. The van der Waals surface area contributed by atoms with Gasteiger partial charge in [-0.2, -0.15) is 5.10 Å². The Hall–Kier alpha value is -1.76. The molecular formula is C18H24BrN5O. The number of nitrogens with zero attached hydrogens (tertiary/aromatic N) is 5. The molecule has 6 nitrogen and oxygen atoms in total. The zero-order chi connectivity index (χ0) is 18.0. The summed E-state index contributed by atoms with van der Waals surface area (Å²) in [5, 5.41) is 4.59. The van der Waals surface area contributed by atoms with Gasteiger partial charge >= 0.3 is 0 Å². The fraction of sp³-hybridized carbons (Fsp3) is 0.556. The van der Waals surface area contributed by atoms with Gasteiger partial charge in [0.2, 0.25) is 5.95 Å². The largest absolute Gasteiger partial charge is 0.341 e. The molecule has 2 aromatic rings. The quantitative estimate of drug-likeness (QED) is 0.784. The Balaban J connectivity index is 1.64. The Morgan fingerprint density at radius 3 is 2.40 bits per heavy atom. The fourth-order valence-electron chi connectivity index (χ4n) is 3.01. The van der Waals surface area contributed by atoms with Crippen LogP contribution in [0.3, 0.4) is 0 Å². The first-order valence-electron chi connectivity index (χ1n) is 8.64. The van der Waals surface area contributed by atoms with Gasteiger partial charge in [0.15, 0.2) is 0 Å². The molecule has 0 radical (unpaired) electrons. The van der Waals surface area contributed by atoms with Crippen molar-refractivity contribution in [3.63, 3.8) is 0 Å². The molecule has 134 valence electrons. The molecule has 1 saturated heterocycles. The lowest BCUT2D eigenvalue weighted by atomic mass is 9.92. The molecule has 0 aliphatic carbocycles. The zero-order valence-electron chi connectivity index (χ0n) is 14.9. The maximum Gasteiger partial charge on any atom is 0.266 e. The highest BCUT2D eigenvalue weighted by Crippen LogP contribution is 2.23. The summed E-state index contributed by atoms with van der Waals surface area (Å²) in [6.45, 7) is 8.82. The second-order valence-electron chi connectivity index (χ2n) is 7.62. The Morgan fingerprint density at radius 1 is 1.16 bits per heavy atom. The van der Waals surface area contributed by atoms with E-state index >= 15 is 0 Å². The van der Waals surface area contributed by atoms with Gasteiger partial charge in [0.1, 0.15) is 0 Å². The number of anilines is 1. The van der Waals surface area contributed by atoms with Gasteiger partial charge in [0, 0.05) is 43.5 Å². The van der Waals surface area contributed by atoms with Crippen molar-refractivity contribution in [2.75, 3.05) is 18.0 Å². The Morgan fingerprint density at radius 2 is 1.80 bits per heavy atom. The van der Waals surface area contributed by atoms with E-state index in [1.807, 2.05) is 6.07 Å². The number of hydrogen-bond acceptors (Lipinski definition) is 5. The lowest BCUT2D eigenvalue weighted by Gasteiger charge is -2.32. The molecule has 0 bridgehead atoms. The number of halogens is 1. The molecule has 0 unspecified atom stereocenters. The summed E-state index contributed by atoms with van der Waals surface area (Å²) >= 11 is 3.36. The Bertz CT molecular complexity index is 773. The van der Waals surface area contributed by atoms with Crippen molar-refractivity contribution in [3.8, 4) is 0 Å². The normalized spacial score (nSPS) is 16.2. The van der Waals surface area contributed by atoms with Crippen molar-refractivity contribution < 1.29 is 0 Å². The third kappa shape index (κ3) is 4.45. The van der Waals surface area contributed by atoms with Crippen LogP contribution in [-0.4, -0.2) is 32.8 Å². The lowest BCUT2D eigenvalue weighted by Crippen LogP contribution is -2.38. The molecule has 0 saturated carbocycles. The van der Waals surface area contributed by atoms with Gasteiger partial charge in [-0.15, -0.1) is 0 Å². The van der Waals surface area contributed by atoms with E-state index in [-0.39, 0.29) is 11.0 Å². The van der Waals surface area contributed by atoms with Crippen LogP contribution in [0.2, 0.25) is 0 Å². The standard InChI is InChI=1S/C18H24BrN5O/c1-18(2,3)15-4-5-16(25)24(22-15)12-13-6-8-23(9-7-13)17-20-10-14(19)11-21-17/h4-5,10-11,13H,6-9,12H2,1-3H3. The molecule has 1 aliphatic heterocycles. The molecule has 2 aromatic heterocycles. The van der Waals surface area contributed by atoms with Gasteiger partial charge in [-0.05, 0) is 40.8 Å². The van der Waals surface area contributed by atoms with E-state index in [4.69, 9.17) is 0 Å². The predicted octanol–water partition coefficient (Wildman–Crippen LogP) is 3.01. The highest BCUT2D eigenvalue weighted by molar-refractivity contribution is 9.10. The molecule has 1 fully saturated rings. The minimum atomic E-state index is -0.0578. The topological polar surface area (TPSA) is 63.9 Å². The van der Waals surface area contributed by atoms with Crippen molar-refractivity contribution >= 4 is 21.9 Å². The van der Waals surface area contributed by atoms with E-state index < -0.39 is 0 Å². The van der Waals surface area contributed by atoms with E-state index in [1.165, 1.54) is 0 Å². The minimum Gasteiger partial charge on any atom is -0.341 e. The van der Waals surface area contributed by atoms with Crippen molar-refractivity contribution in [2.24, 2.45) is 5.92 Å². The van der Waals surface area contributed by atoms with Crippen LogP contribution >= 0.6 is 15.9 Å². The van der Waals surface area contributed by atoms with Gasteiger partial charge < -0.3 is 4.90 Å². The molecule has 0 spiro atoms. The van der Waals surface area contributed by atoms with Gasteiger partial charge in [-0.1, -0.05) is 20.8 Å². The summed E-state index contributed by atoms with van der Waals surface area (Å²) in [6, 6.07) is 3.48. The maximum absolute atomic E-state index is 12.2. The van der Waals surface area contributed by atoms with Gasteiger partial charge in [-0.3, -0.25) is 4.79 Å². The third-order valence-corrected chi connectivity index (χ3v) is 4.98. The van der Waals surface area contributed by atoms with Crippen LogP contribution in [0.5, 0.6) is 0 Å². The molecule has 1 aliphatic rings. The first-order valence-corrected chi connectivity index (χ1v) is 9.43. The van der Waals surface area contributed by atoms with Crippen LogP contribution in [-0.2, 0) is 12.0 Å². The number of aromatic nitrogens is 4. The summed E-state index contributed by atoms with van der Waals surface area (Å²) in [7, 11) is 0. The fourth-order valence-corrected chi connectivity index (χ4v) is 3.21. The average molecular weight is 406 g/mol. The van der Waals surface area contributed by atoms with Crippen molar-refractivity contribution in [3.05, 3.63) is 45.0 Å². The second kappa shape index (κ2) is 7.23. The predicted molar refractivity (Wildman–Crippen MR) is 102 cm³/mol. The molecule has 25 heavy (non-hydrogen) atoms. The van der Waals surface area contributed by atoms with E-state index in [1.54, 1.807) is 23.1 Å². The Kier molecular flexibility index (Phi) is 5.22. The van der Waals surface area contributed by atoms with Crippen molar-refractivity contribution in [1.29, 1.82) is 0 Å². The molecule has 0 atom stereocenters. The molecule has 0 amide bonds. The molecular weight excluding hydrogens is 382 g/mol. The second-order valence-corrected chi connectivity index (χ2v) is 8.54.